The molecule has 32 heavy (non-hydrogen) atoms. The number of hydrogen-bond donors (Lipinski definition) is 0. The van der Waals surface area contributed by atoms with E-state index in [4.69, 9.17) is 9.57 Å². The van der Waals surface area contributed by atoms with Crippen LogP contribution in [0.5, 0.6) is 5.75 Å². The molecule has 1 amide bonds. The van der Waals surface area contributed by atoms with Gasteiger partial charge in [-0.3, -0.25) is 4.79 Å². The average molecular weight is 436 g/mol. The van der Waals surface area contributed by atoms with Crippen molar-refractivity contribution in [3.63, 3.8) is 0 Å². The minimum atomic E-state index is -0.496. The highest BCUT2D eigenvalue weighted by atomic mass is 19.1. The lowest BCUT2D eigenvalue weighted by Gasteiger charge is -2.25. The van der Waals surface area contributed by atoms with Crippen molar-refractivity contribution < 1.29 is 23.1 Å². The van der Waals surface area contributed by atoms with E-state index < -0.39 is 5.82 Å². The van der Waals surface area contributed by atoms with Crippen LogP contribution < -0.4 is 4.74 Å². The Morgan fingerprint density at radius 2 is 1.78 bits per heavy atom. The third kappa shape index (κ3) is 5.11. The number of ether oxygens (including phenoxy) is 1. The van der Waals surface area contributed by atoms with Gasteiger partial charge in [-0.05, 0) is 65.7 Å². The van der Waals surface area contributed by atoms with Gasteiger partial charge in [0.15, 0.2) is 6.10 Å². The van der Waals surface area contributed by atoms with Gasteiger partial charge in [-0.1, -0.05) is 23.4 Å². The summed E-state index contributed by atoms with van der Waals surface area (Å²) in [5.74, 6) is -0.506. The second kappa shape index (κ2) is 9.60. The minimum Gasteiger partial charge on any atom is -0.497 e. The molecule has 0 spiro atoms. The van der Waals surface area contributed by atoms with Crippen molar-refractivity contribution >= 4 is 11.6 Å². The summed E-state index contributed by atoms with van der Waals surface area (Å²) in [6, 6.07) is 19.0. The first-order valence-corrected chi connectivity index (χ1v) is 10.2. The fourth-order valence-electron chi connectivity index (χ4n) is 3.61. The number of nitrogens with zero attached hydrogens (tertiary/aromatic N) is 2. The summed E-state index contributed by atoms with van der Waals surface area (Å²) in [7, 11) is 1.60. The van der Waals surface area contributed by atoms with Gasteiger partial charge in [0.05, 0.1) is 19.4 Å². The molecule has 7 heteroatoms. The smallest absolute Gasteiger partial charge is 0.254 e. The Morgan fingerprint density at radius 3 is 2.47 bits per heavy atom. The van der Waals surface area contributed by atoms with Gasteiger partial charge < -0.3 is 14.5 Å². The van der Waals surface area contributed by atoms with Gasteiger partial charge in [0.25, 0.3) is 5.91 Å². The van der Waals surface area contributed by atoms with E-state index in [-0.39, 0.29) is 36.5 Å². The van der Waals surface area contributed by atoms with Crippen LogP contribution in [0.2, 0.25) is 0 Å². The molecule has 0 radical (unpaired) electrons. The molecule has 0 bridgehead atoms. The Hall–Kier alpha value is -3.74. The zero-order valence-electron chi connectivity index (χ0n) is 17.5. The van der Waals surface area contributed by atoms with E-state index in [0.717, 1.165) is 17.0 Å². The topological polar surface area (TPSA) is 51.1 Å². The number of halogens is 2. The molecule has 0 aliphatic carbocycles. The zero-order chi connectivity index (χ0) is 22.5. The SMILES string of the molecule is COc1ccc(C2=NO[C@H](CN(Cc3cccc(F)c3)C(=O)c3cccc(F)c3)C2)cc1. The second-order valence-corrected chi connectivity index (χ2v) is 7.52. The highest BCUT2D eigenvalue weighted by Gasteiger charge is 2.27. The summed E-state index contributed by atoms with van der Waals surface area (Å²) in [5.41, 5.74) is 2.52. The van der Waals surface area contributed by atoms with Crippen molar-refractivity contribution in [2.24, 2.45) is 5.16 Å². The Balaban J connectivity index is 1.50. The third-order valence-electron chi connectivity index (χ3n) is 5.20. The maximum absolute atomic E-state index is 13.7. The number of amides is 1. The molecule has 3 aromatic carbocycles. The highest BCUT2D eigenvalue weighted by Crippen LogP contribution is 2.22. The molecule has 0 unspecified atom stereocenters. The normalized spacial score (nSPS) is 15.1. The monoisotopic (exact) mass is 436 g/mol. The van der Waals surface area contributed by atoms with Crippen LogP contribution in [0.1, 0.15) is 27.9 Å². The lowest BCUT2D eigenvalue weighted by atomic mass is 10.0. The fraction of sp³-hybridized carbons (Fsp3) is 0.200. The van der Waals surface area contributed by atoms with Crippen LogP contribution in [0.15, 0.2) is 78.0 Å². The molecular weight excluding hydrogens is 414 g/mol. The van der Waals surface area contributed by atoms with Crippen molar-refractivity contribution in [1.82, 2.24) is 4.90 Å². The summed E-state index contributed by atoms with van der Waals surface area (Å²) in [5, 5.41) is 4.18. The average Bonchev–Trinajstić information content (AvgIpc) is 3.27. The van der Waals surface area contributed by atoms with Gasteiger partial charge in [0.1, 0.15) is 17.4 Å². The molecule has 0 saturated heterocycles. The summed E-state index contributed by atoms with van der Waals surface area (Å²) in [6.07, 6.45) is 0.126. The Labute approximate surface area is 184 Å². The Morgan fingerprint density at radius 1 is 1.06 bits per heavy atom. The first-order chi connectivity index (χ1) is 15.5. The van der Waals surface area contributed by atoms with Gasteiger partial charge in [-0.15, -0.1) is 0 Å². The van der Waals surface area contributed by atoms with Crippen LogP contribution >= 0.6 is 0 Å². The highest BCUT2D eigenvalue weighted by molar-refractivity contribution is 6.01. The van der Waals surface area contributed by atoms with Crippen molar-refractivity contribution in [3.8, 4) is 5.75 Å². The number of methoxy groups -OCH3 is 1. The standard InChI is InChI=1S/C25H22F2N2O3/c1-31-22-10-8-18(9-11-22)24-14-23(32-28-24)16-29(15-17-4-2-6-20(26)12-17)25(30)19-5-3-7-21(27)13-19/h2-13,23H,14-16H2,1H3/t23-/m0/s1. The lowest BCUT2D eigenvalue weighted by Crippen LogP contribution is -2.37. The van der Waals surface area contributed by atoms with Gasteiger partial charge >= 0.3 is 0 Å². The number of oxime groups is 1. The molecule has 5 nitrogen and oxygen atoms in total. The first-order valence-electron chi connectivity index (χ1n) is 10.2. The largest absolute Gasteiger partial charge is 0.497 e. The number of carbonyl (C=O) groups excluding carboxylic acids is 1. The molecule has 3 aromatic rings. The maximum atomic E-state index is 13.7. The molecule has 1 aliphatic rings. The van der Waals surface area contributed by atoms with E-state index in [0.29, 0.717) is 12.0 Å². The molecule has 1 aliphatic heterocycles. The zero-order valence-corrected chi connectivity index (χ0v) is 17.5. The number of carbonyl (C=O) groups is 1. The predicted molar refractivity (Wildman–Crippen MR) is 117 cm³/mol. The molecule has 1 heterocycles. The summed E-state index contributed by atoms with van der Waals surface area (Å²) < 4.78 is 32.6. The van der Waals surface area contributed by atoms with Crippen molar-refractivity contribution in [2.75, 3.05) is 13.7 Å². The number of rotatable bonds is 7. The van der Waals surface area contributed by atoms with E-state index in [1.165, 1.54) is 35.2 Å². The van der Waals surface area contributed by atoms with Crippen LogP contribution in [0.25, 0.3) is 0 Å². The molecule has 0 saturated carbocycles. The summed E-state index contributed by atoms with van der Waals surface area (Å²) >= 11 is 0. The second-order valence-electron chi connectivity index (χ2n) is 7.52. The van der Waals surface area contributed by atoms with Crippen molar-refractivity contribution in [2.45, 2.75) is 19.1 Å². The van der Waals surface area contributed by atoms with Crippen LogP contribution in [0.4, 0.5) is 8.78 Å². The van der Waals surface area contributed by atoms with E-state index >= 15 is 0 Å². The molecule has 0 aromatic heterocycles. The van der Waals surface area contributed by atoms with Crippen LogP contribution in [-0.2, 0) is 11.4 Å². The first kappa shape index (κ1) is 21.5. The van der Waals surface area contributed by atoms with Crippen molar-refractivity contribution in [3.05, 3.63) is 101 Å². The molecule has 164 valence electrons. The lowest BCUT2D eigenvalue weighted by molar-refractivity contribution is 0.0404. The minimum absolute atomic E-state index is 0.158. The summed E-state index contributed by atoms with van der Waals surface area (Å²) in [4.78, 5) is 20.3. The van der Waals surface area contributed by atoms with Gasteiger partial charge in [-0.25, -0.2) is 8.78 Å². The molecule has 0 fully saturated rings. The Kier molecular flexibility index (Phi) is 6.44. The predicted octanol–water partition coefficient (Wildman–Crippen LogP) is 4.81. The molecular formula is C25H22F2N2O3. The van der Waals surface area contributed by atoms with Gasteiger partial charge in [-0.2, -0.15) is 0 Å². The van der Waals surface area contributed by atoms with Crippen LogP contribution in [0.3, 0.4) is 0 Å². The van der Waals surface area contributed by atoms with Crippen LogP contribution in [0, 0.1) is 11.6 Å². The van der Waals surface area contributed by atoms with Crippen molar-refractivity contribution in [1.29, 1.82) is 0 Å². The summed E-state index contributed by atoms with van der Waals surface area (Å²) in [6.45, 7) is 0.375. The van der Waals surface area contributed by atoms with Crippen LogP contribution in [-0.4, -0.2) is 36.3 Å². The van der Waals surface area contributed by atoms with E-state index in [2.05, 4.69) is 5.16 Å². The maximum Gasteiger partial charge on any atom is 0.254 e. The molecule has 0 N–H and O–H groups in total. The van der Waals surface area contributed by atoms with E-state index in [1.54, 1.807) is 25.3 Å². The van der Waals surface area contributed by atoms with Gasteiger partial charge in [0.2, 0.25) is 0 Å². The third-order valence-corrected chi connectivity index (χ3v) is 5.20. The van der Waals surface area contributed by atoms with E-state index in [1.807, 2.05) is 24.3 Å². The fourth-order valence-corrected chi connectivity index (χ4v) is 3.61. The molecule has 1 atom stereocenters. The number of benzene rings is 3. The quantitative estimate of drug-likeness (QED) is 0.534. The molecule has 4 rings (SSSR count). The van der Waals surface area contributed by atoms with E-state index in [9.17, 15) is 13.6 Å². The number of hydrogen-bond acceptors (Lipinski definition) is 4. The Bertz CT molecular complexity index is 1130. The van der Waals surface area contributed by atoms with Gasteiger partial charge in [0, 0.05) is 18.5 Å².